The summed E-state index contributed by atoms with van der Waals surface area (Å²) in [5.74, 6) is -0.508. The molecule has 0 aliphatic carbocycles. The van der Waals surface area contributed by atoms with Gasteiger partial charge in [-0.25, -0.2) is 4.39 Å². The second-order valence-corrected chi connectivity index (χ2v) is 2.11. The first-order valence-corrected chi connectivity index (χ1v) is 3.03. The summed E-state index contributed by atoms with van der Waals surface area (Å²) in [7, 11) is 0. The first-order valence-electron chi connectivity index (χ1n) is 2.66. The third-order valence-electron chi connectivity index (χ3n) is 0.982. The van der Waals surface area contributed by atoms with Gasteiger partial charge in [0.1, 0.15) is 5.82 Å². The van der Waals surface area contributed by atoms with Crippen LogP contribution in [-0.4, -0.2) is 0 Å². The lowest BCUT2D eigenvalue weighted by atomic mass is 10.3. The first-order chi connectivity index (χ1) is 5.24. The Morgan fingerprint density at radius 1 is 1.73 bits per heavy atom. The van der Waals surface area contributed by atoms with Crippen LogP contribution in [0.1, 0.15) is 0 Å². The summed E-state index contributed by atoms with van der Waals surface area (Å²) in [6, 6.07) is 4.49. The number of benzene rings is 1. The van der Waals surface area contributed by atoms with E-state index >= 15 is 0 Å². The predicted molar refractivity (Wildman–Crippen MR) is 39.1 cm³/mol. The normalized spacial score (nSPS) is 8.91. The zero-order chi connectivity index (χ0) is 8.27. The summed E-state index contributed by atoms with van der Waals surface area (Å²) < 4.78 is 12.3. The van der Waals surface area contributed by atoms with Crippen LogP contribution in [0.3, 0.4) is 0 Å². The predicted octanol–water partition coefficient (Wildman–Crippen LogP) is 3.22. The van der Waals surface area contributed by atoms with Crippen molar-refractivity contribution in [1.29, 1.82) is 0 Å². The van der Waals surface area contributed by atoms with Crippen molar-refractivity contribution in [1.82, 2.24) is 0 Å². The number of nitrogens with zero attached hydrogens (tertiary/aromatic N) is 3. The van der Waals surface area contributed by atoms with Gasteiger partial charge in [-0.3, -0.25) is 0 Å². The Hall–Kier alpha value is -1.25. The van der Waals surface area contributed by atoms with Crippen LogP contribution in [0.15, 0.2) is 17.2 Å². The number of hydrogen-bond acceptors (Lipinski definition) is 1. The molecule has 0 N–H and O–H groups in total. The molecule has 0 spiro atoms. The maximum absolute atomic E-state index is 12.3. The molecule has 0 aromatic heterocycles. The van der Waals surface area contributed by atoms with Crippen LogP contribution in [0.2, 0.25) is 5.02 Å². The zero-order valence-electron chi connectivity index (χ0n) is 5.25. The van der Waals surface area contributed by atoms with Gasteiger partial charge in [-0.15, -0.1) is 0 Å². The van der Waals surface area contributed by atoms with Gasteiger partial charge in [0.2, 0.25) is 0 Å². The van der Waals surface area contributed by atoms with Gasteiger partial charge in [0.15, 0.2) is 0 Å². The van der Waals surface area contributed by atoms with E-state index in [-0.39, 0.29) is 10.7 Å². The molecule has 0 fully saturated rings. The fraction of sp³-hybridized carbons (Fsp3) is 0. The maximum atomic E-state index is 12.3. The second kappa shape index (κ2) is 3.23. The largest absolute Gasteiger partial charge is 0.207 e. The van der Waals surface area contributed by atoms with Crippen LogP contribution >= 0.6 is 11.6 Å². The van der Waals surface area contributed by atoms with Crippen LogP contribution in [0.4, 0.5) is 10.1 Å². The van der Waals surface area contributed by atoms with E-state index in [9.17, 15) is 4.39 Å². The minimum atomic E-state index is -0.508. The minimum Gasteiger partial charge on any atom is -0.207 e. The van der Waals surface area contributed by atoms with Crippen molar-refractivity contribution in [2.24, 2.45) is 5.11 Å². The van der Waals surface area contributed by atoms with Gasteiger partial charge in [-0.2, -0.15) is 0 Å². The highest BCUT2D eigenvalue weighted by Gasteiger charge is 1.98. The van der Waals surface area contributed by atoms with E-state index in [2.05, 4.69) is 16.1 Å². The molecule has 0 bridgehead atoms. The Labute approximate surface area is 67.0 Å². The van der Waals surface area contributed by atoms with E-state index in [1.807, 2.05) is 0 Å². The Morgan fingerprint density at radius 3 is 3.00 bits per heavy atom. The molecular weight excluding hydrogens is 169 g/mol. The molecule has 0 aliphatic heterocycles. The Balaban J connectivity index is 3.19. The molecule has 0 aliphatic rings. The molecule has 0 atom stereocenters. The Morgan fingerprint density at radius 2 is 2.45 bits per heavy atom. The van der Waals surface area contributed by atoms with Crippen molar-refractivity contribution in [2.45, 2.75) is 0 Å². The van der Waals surface area contributed by atoms with Gasteiger partial charge < -0.3 is 0 Å². The molecule has 3 nitrogen and oxygen atoms in total. The molecule has 1 aromatic carbocycles. The van der Waals surface area contributed by atoms with Crippen molar-refractivity contribution in [3.8, 4) is 0 Å². The maximum Gasteiger partial charge on any atom is 0.125 e. The van der Waals surface area contributed by atoms with E-state index < -0.39 is 5.82 Å². The van der Waals surface area contributed by atoms with E-state index in [0.29, 0.717) is 0 Å². The van der Waals surface area contributed by atoms with E-state index in [1.54, 1.807) is 0 Å². The number of hydrogen-bond donors (Lipinski definition) is 0. The van der Waals surface area contributed by atoms with Crippen LogP contribution in [0.5, 0.6) is 0 Å². The SMILES string of the molecule is [N-]=[N+]=Nc1[c]cc(F)cc1Cl. The summed E-state index contributed by atoms with van der Waals surface area (Å²) in [5.41, 5.74) is 8.11. The molecule has 0 unspecified atom stereocenters. The molecule has 55 valence electrons. The average molecular weight is 171 g/mol. The fourth-order valence-electron chi connectivity index (χ4n) is 0.559. The van der Waals surface area contributed by atoms with Crippen LogP contribution in [0, 0.1) is 11.9 Å². The number of rotatable bonds is 1. The van der Waals surface area contributed by atoms with Gasteiger partial charge in [0.25, 0.3) is 0 Å². The van der Waals surface area contributed by atoms with Gasteiger partial charge >= 0.3 is 0 Å². The monoisotopic (exact) mass is 170 g/mol. The van der Waals surface area contributed by atoms with Gasteiger partial charge in [0, 0.05) is 4.91 Å². The van der Waals surface area contributed by atoms with Gasteiger partial charge in [-0.1, -0.05) is 16.7 Å². The molecule has 5 heteroatoms. The summed E-state index contributed by atoms with van der Waals surface area (Å²) in [4.78, 5) is 2.48. The van der Waals surface area contributed by atoms with Crippen LogP contribution in [0.25, 0.3) is 10.4 Å². The van der Waals surface area contributed by atoms with Gasteiger partial charge in [0.05, 0.1) is 10.7 Å². The number of halogens is 2. The quantitative estimate of drug-likeness (QED) is 0.353. The third kappa shape index (κ3) is 1.83. The summed E-state index contributed by atoms with van der Waals surface area (Å²) in [6.45, 7) is 0. The lowest BCUT2D eigenvalue weighted by Gasteiger charge is -1.93. The zero-order valence-corrected chi connectivity index (χ0v) is 6.01. The van der Waals surface area contributed by atoms with Crippen molar-refractivity contribution in [3.63, 3.8) is 0 Å². The Bertz CT molecular complexity index is 320. The van der Waals surface area contributed by atoms with E-state index in [0.717, 1.165) is 12.1 Å². The molecule has 0 saturated heterocycles. The number of azide groups is 1. The smallest absolute Gasteiger partial charge is 0.125 e. The van der Waals surface area contributed by atoms with Crippen molar-refractivity contribution in [2.75, 3.05) is 0 Å². The molecule has 11 heavy (non-hydrogen) atoms. The molecule has 1 aromatic rings. The first kappa shape index (κ1) is 7.85. The summed E-state index contributed by atoms with van der Waals surface area (Å²) in [5, 5.41) is 3.23. The molecule has 0 saturated carbocycles. The van der Waals surface area contributed by atoms with Crippen molar-refractivity contribution >= 4 is 17.3 Å². The minimum absolute atomic E-state index is 0.0581. The average Bonchev–Trinajstić information content (AvgIpc) is 1.95. The highest BCUT2D eigenvalue weighted by atomic mass is 35.5. The topological polar surface area (TPSA) is 48.8 Å². The second-order valence-electron chi connectivity index (χ2n) is 1.70. The van der Waals surface area contributed by atoms with Crippen LogP contribution < -0.4 is 0 Å². The molecule has 0 heterocycles. The lowest BCUT2D eigenvalue weighted by molar-refractivity contribution is 0.627. The molecule has 0 amide bonds. The Kier molecular flexibility index (Phi) is 2.31. The lowest BCUT2D eigenvalue weighted by Crippen LogP contribution is -1.72. The van der Waals surface area contributed by atoms with Crippen molar-refractivity contribution in [3.05, 3.63) is 39.5 Å². The third-order valence-corrected chi connectivity index (χ3v) is 1.27. The summed E-state index contributed by atoms with van der Waals surface area (Å²) >= 11 is 5.47. The van der Waals surface area contributed by atoms with E-state index in [1.165, 1.54) is 0 Å². The van der Waals surface area contributed by atoms with Crippen molar-refractivity contribution < 1.29 is 4.39 Å². The molecular formula is C6H2ClFN3. The fourth-order valence-corrected chi connectivity index (χ4v) is 0.755. The molecule has 1 rings (SSSR count). The summed E-state index contributed by atoms with van der Waals surface area (Å²) in [6.07, 6.45) is 0. The standard InChI is InChI=1S/C6H2ClFN3/c7-5-3-4(8)1-2-6(5)10-11-9/h1,3H. The van der Waals surface area contributed by atoms with Gasteiger partial charge in [-0.05, 0) is 23.7 Å². The highest BCUT2D eigenvalue weighted by Crippen LogP contribution is 2.24. The van der Waals surface area contributed by atoms with Crippen LogP contribution in [-0.2, 0) is 0 Å². The van der Waals surface area contributed by atoms with E-state index in [4.69, 9.17) is 17.1 Å². The molecule has 1 radical (unpaired) electrons. The highest BCUT2D eigenvalue weighted by molar-refractivity contribution is 6.32.